The van der Waals surface area contributed by atoms with E-state index in [1.165, 1.54) is 35.4 Å². The highest BCUT2D eigenvalue weighted by Gasteiger charge is 2.48. The van der Waals surface area contributed by atoms with Gasteiger partial charge in [-0.2, -0.15) is 0 Å². The lowest BCUT2D eigenvalue weighted by Crippen LogP contribution is -2.39. The van der Waals surface area contributed by atoms with E-state index in [1.54, 1.807) is 30.3 Å². The van der Waals surface area contributed by atoms with Crippen molar-refractivity contribution < 1.29 is 29.1 Å². The van der Waals surface area contributed by atoms with E-state index in [2.05, 4.69) is 5.16 Å². The fraction of sp³-hybridized carbons (Fsp3) is 0.231. The van der Waals surface area contributed by atoms with Crippen molar-refractivity contribution >= 4 is 29.1 Å². The molecule has 0 spiro atoms. The Bertz CT molecular complexity index is 1240. The van der Waals surface area contributed by atoms with Crippen molar-refractivity contribution in [2.24, 2.45) is 5.92 Å². The third-order valence-corrected chi connectivity index (χ3v) is 6.27. The monoisotopic (exact) mass is 460 g/mol. The number of rotatable bonds is 7. The van der Waals surface area contributed by atoms with Crippen LogP contribution >= 0.6 is 0 Å². The fourth-order valence-corrected chi connectivity index (χ4v) is 4.40. The largest absolute Gasteiger partial charge is 0.507 e. The number of hydrogen-bond donors (Lipinski definition) is 2. The number of aromatic carboxylic acids is 1. The van der Waals surface area contributed by atoms with E-state index < -0.39 is 23.7 Å². The van der Waals surface area contributed by atoms with Crippen molar-refractivity contribution in [2.75, 3.05) is 4.90 Å². The molecule has 4 rings (SSSR count). The minimum Gasteiger partial charge on any atom is -0.507 e. The third-order valence-electron chi connectivity index (χ3n) is 6.27. The van der Waals surface area contributed by atoms with Gasteiger partial charge < -0.3 is 14.7 Å². The quantitative estimate of drug-likeness (QED) is 0.297. The van der Waals surface area contributed by atoms with Crippen LogP contribution in [-0.2, 0) is 9.59 Å². The number of ketones is 1. The van der Waals surface area contributed by atoms with Gasteiger partial charge in [-0.15, -0.1) is 0 Å². The number of aromatic nitrogens is 1. The summed E-state index contributed by atoms with van der Waals surface area (Å²) in [5, 5.41) is 24.1. The number of aliphatic hydroxyl groups excluding tert-OH is 1. The van der Waals surface area contributed by atoms with Crippen molar-refractivity contribution in [1.82, 2.24) is 5.16 Å². The number of aliphatic hydroxyl groups is 1. The van der Waals surface area contributed by atoms with E-state index in [0.717, 1.165) is 5.56 Å². The average Bonchev–Trinajstić information content (AvgIpc) is 3.47. The van der Waals surface area contributed by atoms with E-state index in [1.807, 2.05) is 13.8 Å². The van der Waals surface area contributed by atoms with Crippen LogP contribution in [0.25, 0.3) is 17.0 Å². The predicted molar refractivity (Wildman–Crippen MR) is 125 cm³/mol. The lowest BCUT2D eigenvalue weighted by Gasteiger charge is -2.31. The number of carboxylic acid groups (broad SMARTS) is 1. The molecule has 2 heterocycles. The number of Topliss-reactive ketones (excluding diaryl/α,β-unsaturated/α-hetero) is 1. The first-order chi connectivity index (χ1) is 16.4. The molecule has 8 heteroatoms. The molecule has 1 unspecified atom stereocenters. The zero-order valence-electron chi connectivity index (χ0n) is 18.8. The van der Waals surface area contributed by atoms with Gasteiger partial charge >= 0.3 is 5.97 Å². The molecule has 34 heavy (non-hydrogen) atoms. The number of carbonyl (C=O) groups excluding carboxylic acids is 2. The zero-order chi connectivity index (χ0) is 24.4. The van der Waals surface area contributed by atoms with Crippen LogP contribution < -0.4 is 4.90 Å². The van der Waals surface area contributed by atoms with Crippen LogP contribution in [0.2, 0.25) is 0 Å². The van der Waals surface area contributed by atoms with Gasteiger partial charge in [0.25, 0.3) is 11.7 Å². The number of carbonyl (C=O) groups is 3. The summed E-state index contributed by atoms with van der Waals surface area (Å²) in [5.74, 6) is -2.97. The fourth-order valence-electron chi connectivity index (χ4n) is 4.40. The summed E-state index contributed by atoms with van der Waals surface area (Å²) < 4.78 is 4.88. The Morgan fingerprint density at radius 3 is 2.12 bits per heavy atom. The van der Waals surface area contributed by atoms with Gasteiger partial charge in [0.05, 0.1) is 17.2 Å². The Morgan fingerprint density at radius 1 is 0.971 bits per heavy atom. The molecule has 1 aliphatic heterocycles. The van der Waals surface area contributed by atoms with Crippen LogP contribution in [0.15, 0.2) is 71.0 Å². The highest BCUT2D eigenvalue weighted by Crippen LogP contribution is 2.39. The van der Waals surface area contributed by atoms with Crippen molar-refractivity contribution in [3.8, 4) is 11.3 Å². The lowest BCUT2D eigenvalue weighted by molar-refractivity contribution is -0.132. The van der Waals surface area contributed by atoms with Gasteiger partial charge in [-0.3, -0.25) is 14.5 Å². The van der Waals surface area contributed by atoms with Gasteiger partial charge in [-0.1, -0.05) is 56.1 Å². The van der Waals surface area contributed by atoms with Crippen LogP contribution in [0, 0.1) is 5.92 Å². The Hall–Kier alpha value is -4.20. The Morgan fingerprint density at radius 2 is 1.59 bits per heavy atom. The van der Waals surface area contributed by atoms with Gasteiger partial charge in [-0.05, 0) is 30.2 Å². The SMILES string of the molecule is CCC(CC)C1/C(=C(/O)c2ccc(C(=O)O)cc2)C(=O)C(=O)N1c1ccc(-c2ccon2)cc1. The molecule has 1 aromatic heterocycles. The van der Waals surface area contributed by atoms with Crippen LogP contribution in [0.3, 0.4) is 0 Å². The minimum atomic E-state index is -1.10. The molecule has 0 bridgehead atoms. The van der Waals surface area contributed by atoms with E-state index in [4.69, 9.17) is 9.63 Å². The van der Waals surface area contributed by atoms with Crippen molar-refractivity contribution in [1.29, 1.82) is 0 Å². The molecule has 3 aromatic rings. The molecule has 1 saturated heterocycles. The second kappa shape index (κ2) is 9.35. The first-order valence-electron chi connectivity index (χ1n) is 11.0. The van der Waals surface area contributed by atoms with Gasteiger partial charge in [0.15, 0.2) is 0 Å². The number of carboxylic acids is 1. The van der Waals surface area contributed by atoms with Gasteiger partial charge in [-0.25, -0.2) is 4.79 Å². The van der Waals surface area contributed by atoms with E-state index in [0.29, 0.717) is 24.2 Å². The number of amides is 1. The number of nitrogens with zero attached hydrogens (tertiary/aromatic N) is 2. The molecular formula is C26H24N2O6. The van der Waals surface area contributed by atoms with Crippen molar-refractivity contribution in [2.45, 2.75) is 32.7 Å². The topological polar surface area (TPSA) is 121 Å². The lowest BCUT2D eigenvalue weighted by atomic mass is 9.87. The molecule has 174 valence electrons. The second-order valence-electron chi connectivity index (χ2n) is 8.10. The minimum absolute atomic E-state index is 0.0300. The van der Waals surface area contributed by atoms with Crippen LogP contribution in [0.4, 0.5) is 5.69 Å². The first kappa shape index (κ1) is 23.0. The molecule has 8 nitrogen and oxygen atoms in total. The summed E-state index contributed by atoms with van der Waals surface area (Å²) in [4.78, 5) is 38.9. The average molecular weight is 460 g/mol. The maximum absolute atomic E-state index is 13.2. The number of benzene rings is 2. The molecule has 1 amide bonds. The Labute approximate surface area is 196 Å². The highest BCUT2D eigenvalue weighted by atomic mass is 16.5. The molecule has 1 fully saturated rings. The summed E-state index contributed by atoms with van der Waals surface area (Å²) >= 11 is 0. The molecule has 0 saturated carbocycles. The van der Waals surface area contributed by atoms with E-state index in [-0.39, 0.29) is 28.4 Å². The Kier molecular flexibility index (Phi) is 6.32. The second-order valence-corrected chi connectivity index (χ2v) is 8.10. The molecule has 2 aromatic carbocycles. The van der Waals surface area contributed by atoms with Crippen LogP contribution in [-0.4, -0.2) is 39.1 Å². The van der Waals surface area contributed by atoms with Gasteiger partial charge in [0, 0.05) is 22.9 Å². The number of hydrogen-bond acceptors (Lipinski definition) is 6. The molecular weight excluding hydrogens is 436 g/mol. The van der Waals surface area contributed by atoms with Crippen LogP contribution in [0.5, 0.6) is 0 Å². The zero-order valence-corrected chi connectivity index (χ0v) is 18.8. The Balaban J connectivity index is 1.80. The summed E-state index contributed by atoms with van der Waals surface area (Å²) in [6.07, 6.45) is 2.84. The van der Waals surface area contributed by atoms with Gasteiger partial charge in [0.2, 0.25) is 0 Å². The van der Waals surface area contributed by atoms with E-state index >= 15 is 0 Å². The highest BCUT2D eigenvalue weighted by molar-refractivity contribution is 6.51. The standard InChI is InChI=1S/C26H24N2O6/c1-3-15(4-2)22-21(23(29)17-5-7-18(8-6-17)26(32)33)24(30)25(31)28(22)19-11-9-16(10-12-19)20-13-14-34-27-20/h5-15,22,29H,3-4H2,1-2H3,(H,32,33)/b23-21-. The van der Waals surface area contributed by atoms with Gasteiger partial charge in [0.1, 0.15) is 17.7 Å². The summed E-state index contributed by atoms with van der Waals surface area (Å²) in [7, 11) is 0. The molecule has 0 aliphatic carbocycles. The molecule has 2 N–H and O–H groups in total. The van der Waals surface area contributed by atoms with Crippen molar-refractivity contribution in [3.05, 3.63) is 77.6 Å². The third kappa shape index (κ3) is 3.98. The summed E-state index contributed by atoms with van der Waals surface area (Å²) in [6.45, 7) is 3.95. The van der Waals surface area contributed by atoms with Crippen LogP contribution in [0.1, 0.15) is 42.6 Å². The summed E-state index contributed by atoms with van der Waals surface area (Å²) in [6, 6.07) is 13.7. The maximum Gasteiger partial charge on any atom is 0.335 e. The normalized spacial score (nSPS) is 17.5. The molecule has 0 radical (unpaired) electrons. The molecule has 1 aliphatic rings. The first-order valence-corrected chi connectivity index (χ1v) is 11.0. The molecule has 1 atom stereocenters. The predicted octanol–water partition coefficient (Wildman–Crippen LogP) is 4.73. The van der Waals surface area contributed by atoms with E-state index in [9.17, 15) is 19.5 Å². The smallest absolute Gasteiger partial charge is 0.335 e. The number of anilines is 1. The maximum atomic E-state index is 13.2. The van der Waals surface area contributed by atoms with Crippen molar-refractivity contribution in [3.63, 3.8) is 0 Å². The summed E-state index contributed by atoms with van der Waals surface area (Å²) in [5.41, 5.74) is 2.34.